The van der Waals surface area contributed by atoms with Crippen LogP contribution in [0.15, 0.2) is 78.6 Å². The van der Waals surface area contributed by atoms with E-state index in [2.05, 4.69) is 27.1 Å². The van der Waals surface area contributed by atoms with Crippen molar-refractivity contribution in [3.05, 3.63) is 101 Å². The lowest BCUT2D eigenvalue weighted by Crippen LogP contribution is -2.14. The van der Waals surface area contributed by atoms with Crippen molar-refractivity contribution in [2.24, 2.45) is 0 Å². The van der Waals surface area contributed by atoms with Gasteiger partial charge in [0.15, 0.2) is 10.3 Å². The molecule has 2 heterocycles. The molecule has 0 unspecified atom stereocenters. The highest BCUT2D eigenvalue weighted by Gasteiger charge is 2.15. The van der Waals surface area contributed by atoms with Crippen LogP contribution in [0.25, 0.3) is 0 Å². The number of nitrogens with zero attached hydrogens (tertiary/aromatic N) is 4. The van der Waals surface area contributed by atoms with E-state index < -0.39 is 0 Å². The number of hydrogen-bond donors (Lipinski definition) is 1. The number of thioether (sulfide) groups is 1. The maximum atomic E-state index is 13.1. The Hall–Kier alpha value is -3.30. The first-order valence-corrected chi connectivity index (χ1v) is 12.1. The van der Waals surface area contributed by atoms with Crippen LogP contribution in [0.2, 0.25) is 0 Å². The molecule has 0 aliphatic rings. The van der Waals surface area contributed by atoms with Crippen LogP contribution in [0.1, 0.15) is 21.8 Å². The molecule has 4 aromatic rings. The second kappa shape index (κ2) is 11.0. The summed E-state index contributed by atoms with van der Waals surface area (Å²) in [5, 5.41) is 12.6. The molecule has 0 bridgehead atoms. The maximum absolute atomic E-state index is 13.1. The van der Waals surface area contributed by atoms with Crippen LogP contribution in [-0.4, -0.2) is 31.4 Å². The Labute approximate surface area is 199 Å². The standard InChI is InChI=1S/C24H22FN5OS2/c1-2-12-30-21(14-17-6-4-3-5-7-17)28-29-24(30)32-16-22(31)27-23-26-15-20(33-23)13-18-8-10-19(25)11-9-18/h2-11,15H,1,12-14,16H2,(H,26,27,31). The van der Waals surface area contributed by atoms with Gasteiger partial charge in [0.1, 0.15) is 11.6 Å². The molecule has 168 valence electrons. The third kappa shape index (κ3) is 6.36. The number of nitrogens with one attached hydrogen (secondary N) is 1. The molecule has 2 aromatic carbocycles. The molecule has 0 aliphatic carbocycles. The van der Waals surface area contributed by atoms with Crippen molar-refractivity contribution in [3.8, 4) is 0 Å². The molecule has 0 fully saturated rings. The molecule has 2 aromatic heterocycles. The van der Waals surface area contributed by atoms with Crippen molar-refractivity contribution < 1.29 is 9.18 Å². The molecule has 9 heteroatoms. The van der Waals surface area contributed by atoms with Crippen LogP contribution < -0.4 is 5.32 Å². The second-order valence-electron chi connectivity index (χ2n) is 7.23. The molecule has 6 nitrogen and oxygen atoms in total. The van der Waals surface area contributed by atoms with Gasteiger partial charge in [0.2, 0.25) is 5.91 Å². The Balaban J connectivity index is 1.33. The van der Waals surface area contributed by atoms with Crippen molar-refractivity contribution >= 4 is 34.1 Å². The summed E-state index contributed by atoms with van der Waals surface area (Å²) in [7, 11) is 0. The van der Waals surface area contributed by atoms with Crippen LogP contribution in [-0.2, 0) is 24.2 Å². The number of halogens is 1. The number of carbonyl (C=O) groups excluding carboxylic acids is 1. The van der Waals surface area contributed by atoms with Gasteiger partial charge < -0.3 is 9.88 Å². The molecular formula is C24H22FN5OS2. The summed E-state index contributed by atoms with van der Waals surface area (Å²) < 4.78 is 15.0. The molecule has 0 saturated heterocycles. The molecule has 0 atom stereocenters. The molecule has 0 aliphatic heterocycles. The number of aromatic nitrogens is 4. The molecule has 1 N–H and O–H groups in total. The Morgan fingerprint density at radius 3 is 2.61 bits per heavy atom. The average Bonchev–Trinajstić information content (AvgIpc) is 3.41. The first kappa shape index (κ1) is 22.9. The highest BCUT2D eigenvalue weighted by molar-refractivity contribution is 7.99. The van der Waals surface area contributed by atoms with Gasteiger partial charge in [0.05, 0.1) is 5.75 Å². The minimum Gasteiger partial charge on any atom is -0.302 e. The topological polar surface area (TPSA) is 72.7 Å². The normalized spacial score (nSPS) is 10.8. The number of thiazole rings is 1. The third-order valence-electron chi connectivity index (χ3n) is 4.73. The fourth-order valence-electron chi connectivity index (χ4n) is 3.18. The zero-order valence-corrected chi connectivity index (χ0v) is 19.4. The zero-order valence-electron chi connectivity index (χ0n) is 17.8. The van der Waals surface area contributed by atoms with Crippen molar-refractivity contribution in [3.63, 3.8) is 0 Å². The Kier molecular flexibility index (Phi) is 7.64. The van der Waals surface area contributed by atoms with Crippen molar-refractivity contribution in [1.29, 1.82) is 0 Å². The van der Waals surface area contributed by atoms with E-state index in [4.69, 9.17) is 0 Å². The lowest BCUT2D eigenvalue weighted by molar-refractivity contribution is -0.113. The first-order valence-electron chi connectivity index (χ1n) is 10.3. The predicted octanol–water partition coefficient (Wildman–Crippen LogP) is 4.97. The summed E-state index contributed by atoms with van der Waals surface area (Å²) in [4.78, 5) is 17.7. The first-order chi connectivity index (χ1) is 16.1. The molecule has 0 saturated carbocycles. The third-order valence-corrected chi connectivity index (χ3v) is 6.61. The van der Waals surface area contributed by atoms with Gasteiger partial charge in [-0.05, 0) is 23.3 Å². The van der Waals surface area contributed by atoms with E-state index in [9.17, 15) is 9.18 Å². The van der Waals surface area contributed by atoms with E-state index in [0.717, 1.165) is 21.8 Å². The summed E-state index contributed by atoms with van der Waals surface area (Å²) in [6, 6.07) is 16.4. The minimum atomic E-state index is -0.260. The summed E-state index contributed by atoms with van der Waals surface area (Å²) in [6.45, 7) is 4.39. The van der Waals surface area contributed by atoms with E-state index in [1.165, 1.54) is 35.2 Å². The fraction of sp³-hybridized carbons (Fsp3) is 0.167. The summed E-state index contributed by atoms with van der Waals surface area (Å²) in [5.74, 6) is 0.590. The summed E-state index contributed by atoms with van der Waals surface area (Å²) in [5.41, 5.74) is 2.13. The van der Waals surface area contributed by atoms with E-state index in [1.807, 2.05) is 34.9 Å². The van der Waals surface area contributed by atoms with Crippen LogP contribution in [0.4, 0.5) is 9.52 Å². The Morgan fingerprint density at radius 2 is 1.85 bits per heavy atom. The SMILES string of the molecule is C=CCn1c(Cc2ccccc2)nnc1SCC(=O)Nc1ncc(Cc2ccc(F)cc2)s1. The summed E-state index contributed by atoms with van der Waals surface area (Å²) >= 11 is 2.73. The molecular weight excluding hydrogens is 457 g/mol. The second-order valence-corrected chi connectivity index (χ2v) is 9.29. The maximum Gasteiger partial charge on any atom is 0.236 e. The number of carbonyl (C=O) groups is 1. The summed E-state index contributed by atoms with van der Waals surface area (Å²) in [6.07, 6.45) is 4.81. The fourth-order valence-corrected chi connectivity index (χ4v) is 4.81. The van der Waals surface area contributed by atoms with Crippen LogP contribution in [0, 0.1) is 5.82 Å². The lowest BCUT2D eigenvalue weighted by atomic mass is 10.1. The Morgan fingerprint density at radius 1 is 1.09 bits per heavy atom. The van der Waals surface area contributed by atoms with Crippen LogP contribution >= 0.6 is 23.1 Å². The molecule has 1 amide bonds. The molecule has 0 radical (unpaired) electrons. The number of anilines is 1. The van der Waals surface area contributed by atoms with Crippen LogP contribution in [0.3, 0.4) is 0 Å². The average molecular weight is 480 g/mol. The van der Waals surface area contributed by atoms with Crippen molar-refractivity contribution in [2.75, 3.05) is 11.1 Å². The highest BCUT2D eigenvalue weighted by atomic mass is 32.2. The van der Waals surface area contributed by atoms with Crippen molar-refractivity contribution in [2.45, 2.75) is 24.5 Å². The minimum absolute atomic E-state index is 0.166. The monoisotopic (exact) mass is 479 g/mol. The van der Waals surface area contributed by atoms with Gasteiger partial charge in [0.25, 0.3) is 0 Å². The molecule has 4 rings (SSSR count). The molecule has 33 heavy (non-hydrogen) atoms. The number of rotatable bonds is 10. The largest absolute Gasteiger partial charge is 0.302 e. The van der Waals surface area contributed by atoms with E-state index >= 15 is 0 Å². The van der Waals surface area contributed by atoms with Crippen molar-refractivity contribution in [1.82, 2.24) is 19.7 Å². The number of benzene rings is 2. The van der Waals surface area contributed by atoms with Gasteiger partial charge >= 0.3 is 0 Å². The smallest absolute Gasteiger partial charge is 0.236 e. The quantitative estimate of drug-likeness (QED) is 0.257. The van der Waals surface area contributed by atoms with E-state index in [1.54, 1.807) is 24.4 Å². The van der Waals surface area contributed by atoms with Gasteiger partial charge in [-0.15, -0.1) is 28.1 Å². The number of allylic oxidation sites excluding steroid dienone is 1. The lowest BCUT2D eigenvalue weighted by Gasteiger charge is -2.07. The predicted molar refractivity (Wildman–Crippen MR) is 130 cm³/mol. The van der Waals surface area contributed by atoms with Gasteiger partial charge in [0, 0.05) is 30.5 Å². The van der Waals surface area contributed by atoms with Crippen LogP contribution in [0.5, 0.6) is 0 Å². The Bertz CT molecular complexity index is 1220. The number of amides is 1. The zero-order chi connectivity index (χ0) is 23.0. The van der Waals surface area contributed by atoms with E-state index in [0.29, 0.717) is 29.7 Å². The van der Waals surface area contributed by atoms with Gasteiger partial charge in [-0.1, -0.05) is 60.3 Å². The number of hydrogen-bond acceptors (Lipinski definition) is 6. The highest BCUT2D eigenvalue weighted by Crippen LogP contribution is 2.23. The van der Waals surface area contributed by atoms with Gasteiger partial charge in [-0.2, -0.15) is 0 Å². The van der Waals surface area contributed by atoms with E-state index in [-0.39, 0.29) is 17.5 Å². The van der Waals surface area contributed by atoms with Gasteiger partial charge in [-0.3, -0.25) is 4.79 Å². The molecule has 0 spiro atoms. The van der Waals surface area contributed by atoms with Gasteiger partial charge in [-0.25, -0.2) is 9.37 Å².